The molecular weight excluding hydrogens is 922 g/mol. The van der Waals surface area contributed by atoms with Crippen LogP contribution in [0.2, 0.25) is 0 Å². The maximum atomic E-state index is 7.17. The van der Waals surface area contributed by atoms with Gasteiger partial charge in [0.1, 0.15) is 11.2 Å². The lowest BCUT2D eigenvalue weighted by Crippen LogP contribution is -2.61. The van der Waals surface area contributed by atoms with E-state index in [0.29, 0.717) is 0 Å². The highest BCUT2D eigenvalue weighted by Crippen LogP contribution is 2.53. The van der Waals surface area contributed by atoms with Crippen LogP contribution in [0.5, 0.6) is 0 Å². The van der Waals surface area contributed by atoms with Crippen molar-refractivity contribution in [2.45, 2.75) is 85.5 Å². The first kappa shape index (κ1) is 47.4. The highest BCUT2D eigenvalue weighted by atomic mass is 16.3. The number of para-hydroxylation sites is 1. The number of unbranched alkanes of at least 4 members (excludes halogenated alkanes) is 2. The van der Waals surface area contributed by atoms with E-state index in [-0.39, 0.29) is 12.3 Å². The highest BCUT2D eigenvalue weighted by Gasteiger charge is 2.47. The van der Waals surface area contributed by atoms with Gasteiger partial charge in [-0.15, -0.1) is 0 Å². The molecule has 11 aromatic rings. The fourth-order valence-corrected chi connectivity index (χ4v) is 12.3. The zero-order chi connectivity index (χ0) is 51.7. The van der Waals surface area contributed by atoms with Crippen LogP contribution in [0.1, 0.15) is 82.6 Å². The van der Waals surface area contributed by atoms with Crippen LogP contribution in [0.4, 0.5) is 45.5 Å². The molecule has 0 atom stereocenters. The summed E-state index contributed by atoms with van der Waals surface area (Å²) in [4.78, 5) is 7.72. The van der Waals surface area contributed by atoms with Crippen LogP contribution < -0.4 is 25.5 Å². The number of fused-ring (bicyclic) bond motifs is 10. The van der Waals surface area contributed by atoms with Gasteiger partial charge in [0.05, 0.1) is 0 Å². The molecule has 0 N–H and O–H groups in total. The van der Waals surface area contributed by atoms with Crippen molar-refractivity contribution in [1.29, 1.82) is 0 Å². The van der Waals surface area contributed by atoms with Crippen molar-refractivity contribution in [2.24, 2.45) is 0 Å². The van der Waals surface area contributed by atoms with Crippen molar-refractivity contribution in [2.75, 3.05) is 14.6 Å². The van der Waals surface area contributed by atoms with Crippen molar-refractivity contribution in [3.05, 3.63) is 229 Å². The molecule has 0 spiro atoms. The van der Waals surface area contributed by atoms with Gasteiger partial charge in [-0.25, -0.2) is 0 Å². The zero-order valence-corrected chi connectivity index (χ0v) is 44.7. The third-order valence-corrected chi connectivity index (χ3v) is 16.3. The molecule has 3 heterocycles. The number of aryl methyl sites for hydroxylation is 3. The van der Waals surface area contributed by atoms with Crippen LogP contribution in [0.3, 0.4) is 0 Å². The predicted octanol–water partition coefficient (Wildman–Crippen LogP) is 18.9. The largest absolute Gasteiger partial charge is 0.455 e. The first-order valence-electron chi connectivity index (χ1n) is 27.6. The highest BCUT2D eigenvalue weighted by molar-refractivity contribution is 6.94. The number of furan rings is 1. The second-order valence-electron chi connectivity index (χ2n) is 22.2. The van der Waals surface area contributed by atoms with Gasteiger partial charge in [0, 0.05) is 72.8 Å². The Hall–Kier alpha value is -8.28. The minimum absolute atomic E-state index is 0.00249. The molecule has 0 aliphatic carbocycles. The molecule has 10 aromatic carbocycles. The fraction of sp³-hybridized carbons (Fsp3) is 0.183. The van der Waals surface area contributed by atoms with Gasteiger partial charge in [-0.3, -0.25) is 0 Å². The van der Waals surface area contributed by atoms with E-state index in [2.05, 4.69) is 262 Å². The van der Waals surface area contributed by atoms with Crippen molar-refractivity contribution in [1.82, 2.24) is 0 Å². The van der Waals surface area contributed by atoms with E-state index < -0.39 is 0 Å². The number of rotatable bonds is 12. The molecule has 76 heavy (non-hydrogen) atoms. The van der Waals surface area contributed by atoms with Gasteiger partial charge in [0.2, 0.25) is 0 Å². The Morgan fingerprint density at radius 3 is 1.84 bits per heavy atom. The number of hydrogen-bond donors (Lipinski definition) is 0. The predicted molar refractivity (Wildman–Crippen MR) is 326 cm³/mol. The summed E-state index contributed by atoms with van der Waals surface area (Å²) in [7, 11) is 0. The van der Waals surface area contributed by atoms with Gasteiger partial charge >= 0.3 is 6.85 Å². The Balaban J connectivity index is 1.13. The van der Waals surface area contributed by atoms with Crippen molar-refractivity contribution >= 4 is 96.0 Å². The van der Waals surface area contributed by atoms with E-state index in [1.54, 1.807) is 0 Å². The van der Waals surface area contributed by atoms with Crippen molar-refractivity contribution in [3.8, 4) is 22.3 Å². The molecule has 372 valence electrons. The summed E-state index contributed by atoms with van der Waals surface area (Å²) in [6.45, 7) is 13.5. The number of nitrogens with zero attached hydrogens (tertiary/aromatic N) is 3. The molecule has 5 heteroatoms. The fourth-order valence-electron chi connectivity index (χ4n) is 12.3. The van der Waals surface area contributed by atoms with Crippen molar-refractivity contribution < 1.29 is 4.42 Å². The molecule has 2 aliphatic rings. The lowest BCUT2D eigenvalue weighted by Gasteiger charge is -2.46. The van der Waals surface area contributed by atoms with Gasteiger partial charge in [-0.2, -0.15) is 0 Å². The Morgan fingerprint density at radius 2 is 1.17 bits per heavy atom. The summed E-state index contributed by atoms with van der Waals surface area (Å²) < 4.78 is 7.17. The second-order valence-corrected chi connectivity index (χ2v) is 22.2. The molecule has 0 saturated heterocycles. The SMILES string of the molecule is CCCCc1ccc(N(c2ccc(CCCC)cc2)c2ccc3c(c2)N(c2ccc(-c4ccccc4)cc2C)c2cc4c(oc5ccccc54)c4c2B3N(c2ccc(C(C)(C)C)cc2)c2c-4ccc3ccccc23)cc1. The van der Waals surface area contributed by atoms with Crippen LogP contribution >= 0.6 is 0 Å². The Labute approximate surface area is 449 Å². The minimum atomic E-state index is -0.227. The maximum absolute atomic E-state index is 7.17. The first-order chi connectivity index (χ1) is 37.2. The molecule has 2 aliphatic heterocycles. The lowest BCUT2D eigenvalue weighted by molar-refractivity contribution is 0.590. The third kappa shape index (κ3) is 8.07. The zero-order valence-electron chi connectivity index (χ0n) is 44.7. The summed E-state index contributed by atoms with van der Waals surface area (Å²) in [5.41, 5.74) is 23.4. The van der Waals surface area contributed by atoms with Crippen LogP contribution in [-0.2, 0) is 18.3 Å². The molecule has 4 nitrogen and oxygen atoms in total. The van der Waals surface area contributed by atoms with E-state index >= 15 is 0 Å². The number of benzene rings is 10. The van der Waals surface area contributed by atoms with Crippen LogP contribution in [-0.4, -0.2) is 6.85 Å². The number of anilines is 8. The topological polar surface area (TPSA) is 22.9 Å². The molecule has 1 aromatic heterocycles. The van der Waals surface area contributed by atoms with E-state index in [0.717, 1.165) is 80.2 Å². The molecule has 0 unspecified atom stereocenters. The third-order valence-electron chi connectivity index (χ3n) is 16.3. The van der Waals surface area contributed by atoms with Gasteiger partial charge in [-0.05, 0) is 161 Å². The van der Waals surface area contributed by atoms with Gasteiger partial charge < -0.3 is 19.0 Å². The Bertz CT molecular complexity index is 3910. The van der Waals surface area contributed by atoms with Gasteiger partial charge in [-0.1, -0.05) is 181 Å². The average molecular weight is 986 g/mol. The normalized spacial score (nSPS) is 12.8. The quantitative estimate of drug-likeness (QED) is 0.114. The summed E-state index contributed by atoms with van der Waals surface area (Å²) in [5, 5.41) is 4.64. The Kier molecular flexibility index (Phi) is 11.9. The molecule has 0 saturated carbocycles. The molecular formula is C71H64BN3O. The van der Waals surface area contributed by atoms with Crippen LogP contribution in [0, 0.1) is 6.92 Å². The molecule has 13 rings (SSSR count). The van der Waals surface area contributed by atoms with Crippen molar-refractivity contribution in [3.63, 3.8) is 0 Å². The lowest BCUT2D eigenvalue weighted by atomic mass is 9.43. The smallest absolute Gasteiger partial charge is 0.333 e. The molecule has 0 bridgehead atoms. The van der Waals surface area contributed by atoms with Crippen LogP contribution in [0.15, 0.2) is 211 Å². The van der Waals surface area contributed by atoms with E-state index in [9.17, 15) is 0 Å². The monoisotopic (exact) mass is 986 g/mol. The minimum Gasteiger partial charge on any atom is -0.455 e. The maximum Gasteiger partial charge on any atom is 0.333 e. The summed E-state index contributed by atoms with van der Waals surface area (Å²) in [5.74, 6) is 0. The van der Waals surface area contributed by atoms with E-state index in [1.807, 2.05) is 0 Å². The summed E-state index contributed by atoms with van der Waals surface area (Å²) >= 11 is 0. The molecule has 0 amide bonds. The first-order valence-corrected chi connectivity index (χ1v) is 27.6. The van der Waals surface area contributed by atoms with Gasteiger partial charge in [0.15, 0.2) is 0 Å². The molecule has 0 fully saturated rings. The number of hydrogen-bond acceptors (Lipinski definition) is 4. The summed E-state index contributed by atoms with van der Waals surface area (Å²) in [6.07, 6.45) is 6.86. The van der Waals surface area contributed by atoms with E-state index in [1.165, 1.54) is 92.0 Å². The average Bonchev–Trinajstić information content (AvgIpc) is 3.97. The van der Waals surface area contributed by atoms with E-state index in [4.69, 9.17) is 4.42 Å². The summed E-state index contributed by atoms with van der Waals surface area (Å²) in [6, 6.07) is 77.8. The standard InChI is InChI=1S/C71H64BN3O/c1-7-9-18-48-26-34-54(35-27-48)73(55-36-28-49(29-37-55)19-10-8-2)57-40-42-62-64(45-57)74(63-43-31-52(44-47(63)3)50-20-12-11-13-21-50)65-46-61-59-24-16-17-25-66(59)76-70(61)67-60-41-30-51-22-14-15-23-58(51)69(60)75(72(62)68(65)67)56-38-32-53(33-39-56)71(4,5)6/h11-17,20-46H,7-10,18-19H2,1-6H3. The molecule has 0 radical (unpaired) electrons. The second kappa shape index (κ2) is 19.1. The van der Waals surface area contributed by atoms with Crippen LogP contribution in [0.25, 0.3) is 55.0 Å². The van der Waals surface area contributed by atoms with Gasteiger partial charge in [0.25, 0.3) is 0 Å². The Morgan fingerprint density at radius 1 is 0.526 bits per heavy atom.